The third kappa shape index (κ3) is 5.28. The van der Waals surface area contributed by atoms with Crippen molar-refractivity contribution in [3.63, 3.8) is 0 Å². The zero-order valence-electron chi connectivity index (χ0n) is 12.2. The molecule has 118 valence electrons. The van der Waals surface area contributed by atoms with Crippen molar-refractivity contribution < 1.29 is 14.3 Å². The third-order valence-corrected chi connectivity index (χ3v) is 3.43. The fraction of sp³-hybridized carbons (Fsp3) is 0.533. The first-order valence-corrected chi connectivity index (χ1v) is 6.93. The minimum Gasteiger partial charge on any atom is -0.380 e. The standard InChI is InChI=1S/C15H22N2O3.ClH/c1-19-10-12-4-2-3-11(7-12)9-17-15(18)14-6-5-13(8-16)20-14;/h2-4,7,13-14H,5-6,8-10,16H2,1H3,(H,17,18);1H/t13-,14+;/m1./s1. The van der Waals surface area contributed by atoms with Crippen LogP contribution in [0.25, 0.3) is 0 Å². The molecule has 1 aromatic rings. The van der Waals surface area contributed by atoms with Crippen LogP contribution in [0, 0.1) is 0 Å². The van der Waals surface area contributed by atoms with Crippen molar-refractivity contribution in [3.8, 4) is 0 Å². The second-order valence-corrected chi connectivity index (χ2v) is 5.03. The van der Waals surface area contributed by atoms with Gasteiger partial charge in [0, 0.05) is 20.2 Å². The molecule has 0 radical (unpaired) electrons. The number of carbonyl (C=O) groups is 1. The number of methoxy groups -OCH3 is 1. The van der Waals surface area contributed by atoms with Gasteiger partial charge in [0.2, 0.25) is 5.91 Å². The number of halogens is 1. The van der Waals surface area contributed by atoms with Gasteiger partial charge in [-0.25, -0.2) is 0 Å². The first-order chi connectivity index (χ1) is 9.72. The van der Waals surface area contributed by atoms with E-state index in [0.717, 1.165) is 24.0 Å². The normalized spacial score (nSPS) is 20.9. The van der Waals surface area contributed by atoms with Crippen LogP contribution in [-0.4, -0.2) is 31.8 Å². The molecule has 2 atom stereocenters. The van der Waals surface area contributed by atoms with E-state index >= 15 is 0 Å². The zero-order chi connectivity index (χ0) is 14.4. The molecule has 0 bridgehead atoms. The summed E-state index contributed by atoms with van der Waals surface area (Å²) in [5.74, 6) is -0.0573. The molecule has 1 saturated heterocycles. The van der Waals surface area contributed by atoms with E-state index in [1.807, 2.05) is 24.3 Å². The predicted molar refractivity (Wildman–Crippen MR) is 83.2 cm³/mol. The number of benzene rings is 1. The van der Waals surface area contributed by atoms with Crippen molar-refractivity contribution >= 4 is 18.3 Å². The van der Waals surface area contributed by atoms with Gasteiger partial charge in [-0.3, -0.25) is 4.79 Å². The molecule has 1 heterocycles. The average molecular weight is 315 g/mol. The topological polar surface area (TPSA) is 73.6 Å². The molecule has 1 amide bonds. The predicted octanol–water partition coefficient (Wildman–Crippen LogP) is 1.38. The Bertz CT molecular complexity index is 456. The third-order valence-electron chi connectivity index (χ3n) is 3.43. The Morgan fingerprint density at radius 3 is 2.86 bits per heavy atom. The van der Waals surface area contributed by atoms with Crippen LogP contribution in [0.15, 0.2) is 24.3 Å². The van der Waals surface area contributed by atoms with Gasteiger partial charge < -0.3 is 20.5 Å². The molecule has 5 nitrogen and oxygen atoms in total. The number of hydrogen-bond acceptors (Lipinski definition) is 4. The van der Waals surface area contributed by atoms with Gasteiger partial charge >= 0.3 is 0 Å². The van der Waals surface area contributed by atoms with Crippen LogP contribution in [0.5, 0.6) is 0 Å². The van der Waals surface area contributed by atoms with Crippen molar-refractivity contribution in [2.45, 2.75) is 38.2 Å². The number of amides is 1. The molecular weight excluding hydrogens is 292 g/mol. The van der Waals surface area contributed by atoms with Gasteiger partial charge in [0.1, 0.15) is 6.10 Å². The zero-order valence-corrected chi connectivity index (χ0v) is 13.0. The van der Waals surface area contributed by atoms with E-state index in [1.165, 1.54) is 0 Å². The molecule has 2 rings (SSSR count). The maximum absolute atomic E-state index is 12.0. The highest BCUT2D eigenvalue weighted by atomic mass is 35.5. The lowest BCUT2D eigenvalue weighted by molar-refractivity contribution is -0.132. The Balaban J connectivity index is 0.00000220. The molecule has 0 spiro atoms. The monoisotopic (exact) mass is 314 g/mol. The van der Waals surface area contributed by atoms with E-state index in [9.17, 15) is 4.79 Å². The van der Waals surface area contributed by atoms with Crippen molar-refractivity contribution in [3.05, 3.63) is 35.4 Å². The summed E-state index contributed by atoms with van der Waals surface area (Å²) < 4.78 is 10.7. The van der Waals surface area contributed by atoms with E-state index in [4.69, 9.17) is 15.2 Å². The summed E-state index contributed by atoms with van der Waals surface area (Å²) in [6, 6.07) is 7.98. The lowest BCUT2D eigenvalue weighted by Crippen LogP contribution is -2.35. The summed E-state index contributed by atoms with van der Waals surface area (Å²) in [5.41, 5.74) is 7.69. The summed E-state index contributed by atoms with van der Waals surface area (Å²) >= 11 is 0. The smallest absolute Gasteiger partial charge is 0.249 e. The van der Waals surface area contributed by atoms with Crippen LogP contribution < -0.4 is 11.1 Å². The van der Waals surface area contributed by atoms with E-state index in [-0.39, 0.29) is 30.5 Å². The van der Waals surface area contributed by atoms with Gasteiger partial charge in [0.05, 0.1) is 12.7 Å². The second-order valence-electron chi connectivity index (χ2n) is 5.03. The summed E-state index contributed by atoms with van der Waals surface area (Å²) in [5, 5.41) is 2.91. The SMILES string of the molecule is COCc1cccc(CNC(=O)[C@@H]2CC[C@H](CN)O2)c1.Cl. The Morgan fingerprint density at radius 2 is 2.19 bits per heavy atom. The van der Waals surface area contributed by atoms with Crippen LogP contribution in [0.4, 0.5) is 0 Å². The average Bonchev–Trinajstić information content (AvgIpc) is 2.94. The fourth-order valence-electron chi connectivity index (χ4n) is 2.37. The number of nitrogens with two attached hydrogens (primary N) is 1. The van der Waals surface area contributed by atoms with Gasteiger partial charge in [-0.05, 0) is 24.0 Å². The van der Waals surface area contributed by atoms with Crippen LogP contribution in [0.2, 0.25) is 0 Å². The Hall–Kier alpha value is -1.14. The Morgan fingerprint density at radius 1 is 1.43 bits per heavy atom. The summed E-state index contributed by atoms with van der Waals surface area (Å²) in [6.07, 6.45) is 1.27. The fourth-order valence-corrected chi connectivity index (χ4v) is 2.37. The van der Waals surface area contributed by atoms with Gasteiger partial charge in [0.15, 0.2) is 0 Å². The van der Waals surface area contributed by atoms with Crippen LogP contribution in [0.3, 0.4) is 0 Å². The van der Waals surface area contributed by atoms with Gasteiger partial charge in [-0.2, -0.15) is 0 Å². The number of carbonyl (C=O) groups excluding carboxylic acids is 1. The lowest BCUT2D eigenvalue weighted by Gasteiger charge is -2.13. The number of rotatable bonds is 6. The first kappa shape index (κ1) is 17.9. The second kappa shape index (κ2) is 9.00. The molecule has 1 aliphatic heterocycles. The minimum absolute atomic E-state index is 0. The Labute approximate surface area is 131 Å². The molecular formula is C15H23ClN2O3. The highest BCUT2D eigenvalue weighted by molar-refractivity contribution is 5.85. The number of nitrogens with one attached hydrogen (secondary N) is 1. The van der Waals surface area contributed by atoms with E-state index < -0.39 is 0 Å². The van der Waals surface area contributed by atoms with Gasteiger partial charge in [-0.1, -0.05) is 24.3 Å². The minimum atomic E-state index is -0.356. The number of ether oxygens (including phenoxy) is 2. The van der Waals surface area contributed by atoms with Crippen LogP contribution in [-0.2, 0) is 27.4 Å². The largest absolute Gasteiger partial charge is 0.380 e. The maximum Gasteiger partial charge on any atom is 0.249 e. The molecule has 0 aromatic heterocycles. The lowest BCUT2D eigenvalue weighted by atomic mass is 10.1. The van der Waals surface area contributed by atoms with Crippen molar-refractivity contribution in [2.75, 3.05) is 13.7 Å². The molecule has 1 fully saturated rings. The molecule has 3 N–H and O–H groups in total. The van der Waals surface area contributed by atoms with Crippen molar-refractivity contribution in [1.82, 2.24) is 5.32 Å². The van der Waals surface area contributed by atoms with Crippen LogP contribution >= 0.6 is 12.4 Å². The first-order valence-electron chi connectivity index (χ1n) is 6.93. The highest BCUT2D eigenvalue weighted by Gasteiger charge is 2.29. The quantitative estimate of drug-likeness (QED) is 0.832. The Kier molecular flexibility index (Phi) is 7.67. The summed E-state index contributed by atoms with van der Waals surface area (Å²) in [7, 11) is 1.67. The molecule has 0 aliphatic carbocycles. The molecule has 0 saturated carbocycles. The van der Waals surface area contributed by atoms with Crippen LogP contribution in [0.1, 0.15) is 24.0 Å². The maximum atomic E-state index is 12.0. The molecule has 1 aliphatic rings. The molecule has 1 aromatic carbocycles. The molecule has 6 heteroatoms. The highest BCUT2D eigenvalue weighted by Crippen LogP contribution is 2.19. The van der Waals surface area contributed by atoms with E-state index in [1.54, 1.807) is 7.11 Å². The van der Waals surface area contributed by atoms with E-state index in [2.05, 4.69) is 5.32 Å². The number of hydrogen-bond donors (Lipinski definition) is 2. The summed E-state index contributed by atoms with van der Waals surface area (Å²) in [6.45, 7) is 1.55. The van der Waals surface area contributed by atoms with Gasteiger partial charge in [0.25, 0.3) is 0 Å². The molecule has 0 unspecified atom stereocenters. The van der Waals surface area contributed by atoms with E-state index in [0.29, 0.717) is 19.7 Å². The van der Waals surface area contributed by atoms with Gasteiger partial charge in [-0.15, -0.1) is 12.4 Å². The van der Waals surface area contributed by atoms with Crippen molar-refractivity contribution in [1.29, 1.82) is 0 Å². The molecule has 21 heavy (non-hydrogen) atoms. The summed E-state index contributed by atoms with van der Waals surface area (Å²) in [4.78, 5) is 12.0. The van der Waals surface area contributed by atoms with Crippen molar-refractivity contribution in [2.24, 2.45) is 5.73 Å².